The monoisotopic (exact) mass is 368 g/mol. The van der Waals surface area contributed by atoms with Gasteiger partial charge in [-0.05, 0) is 51.7 Å². The predicted octanol–water partition coefficient (Wildman–Crippen LogP) is 1.83. The van der Waals surface area contributed by atoms with Gasteiger partial charge in [-0.3, -0.25) is 9.69 Å². The van der Waals surface area contributed by atoms with Gasteiger partial charge in [0, 0.05) is 31.7 Å². The van der Waals surface area contributed by atoms with E-state index in [1.165, 1.54) is 19.3 Å². The maximum absolute atomic E-state index is 12.6. The molecule has 0 radical (unpaired) electrons. The van der Waals surface area contributed by atoms with Gasteiger partial charge in [-0.1, -0.05) is 20.3 Å². The van der Waals surface area contributed by atoms with Crippen molar-refractivity contribution in [3.63, 3.8) is 0 Å². The molecule has 2 aliphatic rings. The average Bonchev–Trinajstić information content (AvgIpc) is 2.60. The van der Waals surface area contributed by atoms with Crippen LogP contribution >= 0.6 is 0 Å². The zero-order valence-corrected chi connectivity index (χ0v) is 16.5. The highest BCUT2D eigenvalue weighted by atomic mass is 16.4. The van der Waals surface area contributed by atoms with Crippen molar-refractivity contribution in [1.29, 1.82) is 0 Å². The van der Waals surface area contributed by atoms with Crippen molar-refractivity contribution in [2.75, 3.05) is 45.8 Å². The van der Waals surface area contributed by atoms with Crippen LogP contribution in [0.5, 0.6) is 0 Å². The molecule has 150 valence electrons. The van der Waals surface area contributed by atoms with Crippen LogP contribution in [0.25, 0.3) is 0 Å². The summed E-state index contributed by atoms with van der Waals surface area (Å²) in [5.74, 6) is -0.786. The minimum absolute atomic E-state index is 0.0357. The number of piperidine rings is 1. The lowest BCUT2D eigenvalue weighted by Crippen LogP contribution is -2.57. The summed E-state index contributed by atoms with van der Waals surface area (Å²) in [5.41, 5.74) is 0. The van der Waals surface area contributed by atoms with E-state index in [1.807, 2.05) is 16.7 Å². The molecule has 1 aliphatic carbocycles. The molecule has 2 fully saturated rings. The largest absolute Gasteiger partial charge is 0.480 e. The fraction of sp³-hybridized carbons (Fsp3) is 0.895. The van der Waals surface area contributed by atoms with Gasteiger partial charge in [0.05, 0.1) is 6.54 Å². The number of hydrogen-bond acceptors (Lipinski definition) is 4. The summed E-state index contributed by atoms with van der Waals surface area (Å²) >= 11 is 0. The predicted molar refractivity (Wildman–Crippen MR) is 102 cm³/mol. The van der Waals surface area contributed by atoms with E-state index >= 15 is 0 Å². The minimum atomic E-state index is -0.786. The number of amides is 2. The van der Waals surface area contributed by atoms with Gasteiger partial charge < -0.3 is 20.2 Å². The molecule has 1 heterocycles. The Balaban J connectivity index is 1.72. The van der Waals surface area contributed by atoms with E-state index in [2.05, 4.69) is 17.1 Å². The zero-order valence-electron chi connectivity index (χ0n) is 16.5. The molecule has 7 nitrogen and oxygen atoms in total. The Morgan fingerprint density at radius 2 is 1.81 bits per heavy atom. The lowest BCUT2D eigenvalue weighted by molar-refractivity contribution is -0.139. The summed E-state index contributed by atoms with van der Waals surface area (Å²) in [6.07, 6.45) is 6.53. The van der Waals surface area contributed by atoms with Crippen molar-refractivity contribution >= 4 is 12.0 Å². The molecule has 26 heavy (non-hydrogen) atoms. The van der Waals surface area contributed by atoms with Crippen LogP contribution in [0.2, 0.25) is 0 Å². The summed E-state index contributed by atoms with van der Waals surface area (Å²) in [6.45, 7) is 9.75. The number of urea groups is 1. The number of carbonyl (C=O) groups excluding carboxylic acids is 1. The van der Waals surface area contributed by atoms with Crippen LogP contribution in [0.3, 0.4) is 0 Å². The van der Waals surface area contributed by atoms with Gasteiger partial charge in [-0.15, -0.1) is 0 Å². The first-order chi connectivity index (χ1) is 12.5. The standard InChI is InChI=1S/C19H36N4O3/c1-3-8-23(12-11-21-9-6-5-7-10-21)19(26)20-16-13-17(14-16)22(4-2)15-18(24)25/h16-17H,3-15H2,1-2H3,(H,20,26)(H,24,25). The molecule has 1 saturated heterocycles. The molecule has 0 aromatic carbocycles. The fourth-order valence-electron chi connectivity index (χ4n) is 3.97. The van der Waals surface area contributed by atoms with E-state index in [0.29, 0.717) is 0 Å². The molecular formula is C19H36N4O3. The van der Waals surface area contributed by atoms with E-state index in [4.69, 9.17) is 5.11 Å². The highest BCUT2D eigenvalue weighted by Gasteiger charge is 2.35. The lowest BCUT2D eigenvalue weighted by atomic mass is 9.85. The number of rotatable bonds is 10. The van der Waals surface area contributed by atoms with Crippen molar-refractivity contribution in [2.24, 2.45) is 0 Å². The Kier molecular flexibility index (Phi) is 8.65. The number of aliphatic carboxylic acids is 1. The average molecular weight is 369 g/mol. The van der Waals surface area contributed by atoms with Crippen molar-refractivity contribution in [3.05, 3.63) is 0 Å². The Hall–Kier alpha value is -1.34. The summed E-state index contributed by atoms with van der Waals surface area (Å²) in [5, 5.41) is 12.1. The summed E-state index contributed by atoms with van der Waals surface area (Å²) in [6, 6.07) is 0.479. The molecule has 0 unspecified atom stereocenters. The fourth-order valence-corrected chi connectivity index (χ4v) is 3.97. The Morgan fingerprint density at radius 3 is 2.38 bits per heavy atom. The van der Waals surface area contributed by atoms with Gasteiger partial charge in [0.1, 0.15) is 0 Å². The van der Waals surface area contributed by atoms with Crippen LogP contribution in [0.1, 0.15) is 52.4 Å². The second-order valence-corrected chi connectivity index (χ2v) is 7.62. The molecule has 2 N–H and O–H groups in total. The number of carboxylic acid groups (broad SMARTS) is 1. The van der Waals surface area contributed by atoms with Gasteiger partial charge >= 0.3 is 12.0 Å². The molecule has 2 rings (SSSR count). The molecular weight excluding hydrogens is 332 g/mol. The van der Waals surface area contributed by atoms with Gasteiger partial charge in [0.15, 0.2) is 0 Å². The second-order valence-electron chi connectivity index (χ2n) is 7.62. The van der Waals surface area contributed by atoms with Crippen LogP contribution in [0.15, 0.2) is 0 Å². The molecule has 0 atom stereocenters. The number of likely N-dealkylation sites (N-methyl/N-ethyl adjacent to an activating group) is 1. The molecule has 0 spiro atoms. The van der Waals surface area contributed by atoms with Gasteiger partial charge in [-0.2, -0.15) is 0 Å². The molecule has 1 saturated carbocycles. The first-order valence-corrected chi connectivity index (χ1v) is 10.3. The number of carboxylic acids is 1. The Labute approximate surface area is 157 Å². The molecule has 0 bridgehead atoms. The molecule has 1 aliphatic heterocycles. The van der Waals surface area contributed by atoms with Crippen molar-refractivity contribution in [3.8, 4) is 0 Å². The Bertz CT molecular complexity index is 448. The summed E-state index contributed by atoms with van der Waals surface area (Å²) < 4.78 is 0. The molecule has 0 aromatic rings. The van der Waals surface area contributed by atoms with Crippen LogP contribution in [-0.2, 0) is 4.79 Å². The SMILES string of the molecule is CCCN(CCN1CCCCC1)C(=O)NC1CC(N(CC)CC(=O)O)C1. The topological polar surface area (TPSA) is 76.1 Å². The third-order valence-corrected chi connectivity index (χ3v) is 5.62. The molecule has 2 amide bonds. The van der Waals surface area contributed by atoms with E-state index in [9.17, 15) is 9.59 Å². The molecule has 0 aromatic heterocycles. The second kappa shape index (κ2) is 10.7. The van der Waals surface area contributed by atoms with Crippen molar-refractivity contribution < 1.29 is 14.7 Å². The number of nitrogens with zero attached hydrogens (tertiary/aromatic N) is 3. The van der Waals surface area contributed by atoms with Crippen LogP contribution in [0.4, 0.5) is 4.79 Å². The van der Waals surface area contributed by atoms with E-state index < -0.39 is 5.97 Å². The first kappa shape index (κ1) is 21.0. The highest BCUT2D eigenvalue weighted by molar-refractivity contribution is 5.74. The van der Waals surface area contributed by atoms with Gasteiger partial charge in [-0.25, -0.2) is 4.79 Å². The first-order valence-electron chi connectivity index (χ1n) is 10.3. The summed E-state index contributed by atoms with van der Waals surface area (Å²) in [4.78, 5) is 29.9. The highest BCUT2D eigenvalue weighted by Crippen LogP contribution is 2.25. The number of carbonyl (C=O) groups is 2. The maximum atomic E-state index is 12.6. The molecule has 7 heteroatoms. The van der Waals surface area contributed by atoms with E-state index in [-0.39, 0.29) is 24.7 Å². The normalized spacial score (nSPS) is 23.5. The number of likely N-dealkylation sites (tertiary alicyclic amines) is 1. The number of hydrogen-bond donors (Lipinski definition) is 2. The quantitative estimate of drug-likeness (QED) is 0.615. The van der Waals surface area contributed by atoms with E-state index in [1.54, 1.807) is 0 Å². The lowest BCUT2D eigenvalue weighted by Gasteiger charge is -2.43. The Morgan fingerprint density at radius 1 is 1.12 bits per heavy atom. The van der Waals surface area contributed by atoms with E-state index in [0.717, 1.165) is 58.5 Å². The number of nitrogens with one attached hydrogen (secondary N) is 1. The van der Waals surface area contributed by atoms with Crippen LogP contribution < -0.4 is 5.32 Å². The van der Waals surface area contributed by atoms with Crippen molar-refractivity contribution in [2.45, 2.75) is 64.5 Å². The zero-order chi connectivity index (χ0) is 18.9. The van der Waals surface area contributed by atoms with Crippen LogP contribution in [0, 0.1) is 0 Å². The summed E-state index contributed by atoms with van der Waals surface area (Å²) in [7, 11) is 0. The van der Waals surface area contributed by atoms with Crippen LogP contribution in [-0.4, -0.2) is 89.7 Å². The third-order valence-electron chi connectivity index (χ3n) is 5.62. The third kappa shape index (κ3) is 6.43. The van der Waals surface area contributed by atoms with Gasteiger partial charge in [0.2, 0.25) is 0 Å². The smallest absolute Gasteiger partial charge is 0.317 e. The van der Waals surface area contributed by atoms with Crippen molar-refractivity contribution in [1.82, 2.24) is 20.0 Å². The minimum Gasteiger partial charge on any atom is -0.480 e. The van der Waals surface area contributed by atoms with Gasteiger partial charge in [0.25, 0.3) is 0 Å². The maximum Gasteiger partial charge on any atom is 0.317 e.